The van der Waals surface area contributed by atoms with Gasteiger partial charge in [0.05, 0.1) is 18.5 Å². The van der Waals surface area contributed by atoms with Crippen LogP contribution in [0.3, 0.4) is 0 Å². The molecule has 0 bridgehead atoms. The lowest BCUT2D eigenvalue weighted by Crippen LogP contribution is -1.88. The first-order chi connectivity index (χ1) is 11.4. The molecule has 1 aromatic carbocycles. The van der Waals surface area contributed by atoms with Gasteiger partial charge in [0.25, 0.3) is 0 Å². The zero-order chi connectivity index (χ0) is 15.6. The van der Waals surface area contributed by atoms with Crippen molar-refractivity contribution in [3.05, 3.63) is 60.9 Å². The molecule has 0 spiro atoms. The highest BCUT2D eigenvalue weighted by Crippen LogP contribution is 2.33. The highest BCUT2D eigenvalue weighted by Gasteiger charge is 2.13. The monoisotopic (exact) mass is 302 g/mol. The number of methoxy groups -OCH3 is 1. The summed E-state index contributed by atoms with van der Waals surface area (Å²) < 4.78 is 5.45. The Hall–Kier alpha value is -3.21. The molecular formula is C18H14N4O. The molecule has 0 radical (unpaired) electrons. The molecule has 4 rings (SSSR count). The molecule has 5 nitrogen and oxygen atoms in total. The van der Waals surface area contributed by atoms with E-state index in [0.717, 1.165) is 33.7 Å². The number of aromatic amines is 1. The Balaban J connectivity index is 1.92. The largest absolute Gasteiger partial charge is 0.496 e. The summed E-state index contributed by atoms with van der Waals surface area (Å²) in [6.07, 6.45) is 3.56. The molecule has 112 valence electrons. The first-order valence-electron chi connectivity index (χ1n) is 7.26. The number of aromatic nitrogens is 4. The van der Waals surface area contributed by atoms with Gasteiger partial charge in [0.1, 0.15) is 5.75 Å². The molecule has 5 heteroatoms. The van der Waals surface area contributed by atoms with Gasteiger partial charge in [-0.05, 0) is 30.3 Å². The molecule has 3 heterocycles. The molecule has 0 unspecified atom stereocenters. The van der Waals surface area contributed by atoms with Crippen LogP contribution in [-0.2, 0) is 0 Å². The summed E-state index contributed by atoms with van der Waals surface area (Å²) in [5.41, 5.74) is 4.36. The number of nitrogens with zero attached hydrogens (tertiary/aromatic N) is 3. The maximum atomic E-state index is 5.45. The number of nitrogens with one attached hydrogen (secondary N) is 1. The van der Waals surface area contributed by atoms with Crippen molar-refractivity contribution in [2.45, 2.75) is 0 Å². The van der Waals surface area contributed by atoms with Gasteiger partial charge >= 0.3 is 0 Å². The first-order valence-corrected chi connectivity index (χ1v) is 7.26. The van der Waals surface area contributed by atoms with E-state index in [9.17, 15) is 0 Å². The summed E-state index contributed by atoms with van der Waals surface area (Å²) in [4.78, 5) is 8.82. The number of ether oxygens (including phenoxy) is 1. The van der Waals surface area contributed by atoms with Crippen LogP contribution in [0.25, 0.3) is 33.5 Å². The Kier molecular flexibility index (Phi) is 3.24. The van der Waals surface area contributed by atoms with Gasteiger partial charge in [-0.2, -0.15) is 5.10 Å². The van der Waals surface area contributed by atoms with Crippen molar-refractivity contribution in [2.75, 3.05) is 7.11 Å². The quantitative estimate of drug-likeness (QED) is 0.627. The van der Waals surface area contributed by atoms with Crippen LogP contribution in [0.2, 0.25) is 0 Å². The zero-order valence-electron chi connectivity index (χ0n) is 12.5. The number of hydrogen-bond donors (Lipinski definition) is 1. The van der Waals surface area contributed by atoms with Crippen molar-refractivity contribution >= 4 is 11.0 Å². The molecule has 0 saturated heterocycles. The lowest BCUT2D eigenvalue weighted by atomic mass is 10.1. The van der Waals surface area contributed by atoms with E-state index in [-0.39, 0.29) is 0 Å². The average molecular weight is 302 g/mol. The zero-order valence-corrected chi connectivity index (χ0v) is 12.5. The van der Waals surface area contributed by atoms with E-state index in [1.807, 2.05) is 42.5 Å². The minimum atomic E-state index is 0.672. The van der Waals surface area contributed by atoms with Crippen LogP contribution < -0.4 is 4.74 Å². The molecule has 0 fully saturated rings. The summed E-state index contributed by atoms with van der Waals surface area (Å²) in [5, 5.41) is 8.31. The van der Waals surface area contributed by atoms with Crippen LogP contribution in [0.1, 0.15) is 0 Å². The molecule has 0 amide bonds. The smallest absolute Gasteiger partial charge is 0.181 e. The van der Waals surface area contributed by atoms with Crippen LogP contribution >= 0.6 is 0 Å². The standard InChI is InChI=1S/C18H14N4O/c1-23-16-8-3-2-6-13(16)17-14-10-12(11-20-18(14)22-21-17)15-7-4-5-9-19-15/h2-11H,1H3,(H,20,21,22). The topological polar surface area (TPSA) is 63.7 Å². The molecule has 1 N–H and O–H groups in total. The highest BCUT2D eigenvalue weighted by molar-refractivity contribution is 5.94. The minimum absolute atomic E-state index is 0.672. The third-order valence-corrected chi connectivity index (χ3v) is 3.75. The molecule has 23 heavy (non-hydrogen) atoms. The third kappa shape index (κ3) is 2.32. The molecule has 0 saturated carbocycles. The van der Waals surface area contributed by atoms with E-state index < -0.39 is 0 Å². The lowest BCUT2D eigenvalue weighted by Gasteiger charge is -2.06. The second-order valence-electron chi connectivity index (χ2n) is 5.11. The number of fused-ring (bicyclic) bond motifs is 1. The number of H-pyrrole nitrogens is 1. The lowest BCUT2D eigenvalue weighted by molar-refractivity contribution is 0.416. The average Bonchev–Trinajstić information content (AvgIpc) is 3.05. The molecule has 0 aliphatic carbocycles. The summed E-state index contributed by atoms with van der Waals surface area (Å²) >= 11 is 0. The molecule has 4 aromatic rings. The third-order valence-electron chi connectivity index (χ3n) is 3.75. The number of benzene rings is 1. The first kappa shape index (κ1) is 13.5. The maximum absolute atomic E-state index is 5.45. The van der Waals surface area contributed by atoms with Crippen molar-refractivity contribution in [1.29, 1.82) is 0 Å². The molecule has 0 atom stereocenters. The Morgan fingerprint density at radius 3 is 2.70 bits per heavy atom. The van der Waals surface area contributed by atoms with Gasteiger partial charge in [0.15, 0.2) is 5.65 Å². The van der Waals surface area contributed by atoms with Gasteiger partial charge in [-0.3, -0.25) is 10.1 Å². The highest BCUT2D eigenvalue weighted by atomic mass is 16.5. The van der Waals surface area contributed by atoms with Crippen molar-refractivity contribution in [3.63, 3.8) is 0 Å². The van der Waals surface area contributed by atoms with Crippen LogP contribution in [0.4, 0.5) is 0 Å². The van der Waals surface area contributed by atoms with Gasteiger partial charge < -0.3 is 4.74 Å². The predicted octanol–water partition coefficient (Wildman–Crippen LogP) is 3.70. The molecule has 0 aliphatic heterocycles. The second kappa shape index (κ2) is 5.53. The molecule has 3 aromatic heterocycles. The summed E-state index contributed by atoms with van der Waals surface area (Å²) in [6.45, 7) is 0. The van der Waals surface area contributed by atoms with Gasteiger partial charge in [-0.1, -0.05) is 18.2 Å². The Bertz CT molecular complexity index is 963. The molecular weight excluding hydrogens is 288 g/mol. The van der Waals surface area contributed by atoms with Crippen LogP contribution in [-0.4, -0.2) is 27.3 Å². The van der Waals surface area contributed by atoms with Gasteiger partial charge in [0.2, 0.25) is 0 Å². The minimum Gasteiger partial charge on any atom is -0.496 e. The maximum Gasteiger partial charge on any atom is 0.181 e. The Morgan fingerprint density at radius 2 is 1.87 bits per heavy atom. The van der Waals surface area contributed by atoms with Crippen molar-refractivity contribution in [3.8, 4) is 28.3 Å². The van der Waals surface area contributed by atoms with Gasteiger partial charge in [-0.15, -0.1) is 0 Å². The molecule has 0 aliphatic rings. The van der Waals surface area contributed by atoms with Crippen molar-refractivity contribution in [2.24, 2.45) is 0 Å². The van der Waals surface area contributed by atoms with Gasteiger partial charge in [0, 0.05) is 28.9 Å². The predicted molar refractivity (Wildman–Crippen MR) is 89.1 cm³/mol. The summed E-state index contributed by atoms with van der Waals surface area (Å²) in [5.74, 6) is 0.793. The fourth-order valence-corrected chi connectivity index (χ4v) is 2.63. The SMILES string of the molecule is COc1ccccc1-c1[nH]nc2ncc(-c3ccccn3)cc12. The van der Waals surface area contributed by atoms with E-state index in [4.69, 9.17) is 4.74 Å². The number of para-hydroxylation sites is 1. The van der Waals surface area contributed by atoms with E-state index >= 15 is 0 Å². The van der Waals surface area contributed by atoms with Crippen molar-refractivity contribution in [1.82, 2.24) is 20.2 Å². The normalized spacial score (nSPS) is 10.8. The fraction of sp³-hybridized carbons (Fsp3) is 0.0556. The summed E-state index contributed by atoms with van der Waals surface area (Å²) in [6, 6.07) is 15.7. The van der Waals surface area contributed by atoms with E-state index in [1.165, 1.54) is 0 Å². The van der Waals surface area contributed by atoms with Crippen LogP contribution in [0.5, 0.6) is 5.75 Å². The van der Waals surface area contributed by atoms with Crippen molar-refractivity contribution < 1.29 is 4.74 Å². The second-order valence-corrected chi connectivity index (χ2v) is 5.11. The number of hydrogen-bond acceptors (Lipinski definition) is 4. The number of rotatable bonds is 3. The summed E-state index contributed by atoms with van der Waals surface area (Å²) in [7, 11) is 1.66. The van der Waals surface area contributed by atoms with E-state index in [2.05, 4.69) is 26.2 Å². The van der Waals surface area contributed by atoms with E-state index in [0.29, 0.717) is 5.65 Å². The Labute approximate surface area is 133 Å². The fourth-order valence-electron chi connectivity index (χ4n) is 2.63. The van der Waals surface area contributed by atoms with E-state index in [1.54, 1.807) is 19.5 Å². The number of pyridine rings is 2. The Morgan fingerprint density at radius 1 is 1.00 bits per heavy atom. The van der Waals surface area contributed by atoms with Crippen LogP contribution in [0.15, 0.2) is 60.9 Å². The van der Waals surface area contributed by atoms with Gasteiger partial charge in [-0.25, -0.2) is 4.98 Å². The van der Waals surface area contributed by atoms with Crippen LogP contribution in [0, 0.1) is 0 Å².